The van der Waals surface area contributed by atoms with Crippen LogP contribution in [-0.4, -0.2) is 113 Å². The zero-order chi connectivity index (χ0) is 60.3. The largest absolute Gasteiger partial charge is 0.490 e. The quantitative estimate of drug-likeness (QED) is 0.0199. The minimum Gasteiger partial charge on any atom is -0.490 e. The minimum absolute atomic E-state index is 0.0428. The second-order valence-corrected chi connectivity index (χ2v) is 23.6. The number of nitrogens with two attached hydrogens (primary N) is 1. The van der Waals surface area contributed by atoms with Crippen LogP contribution in [0.25, 0.3) is 22.6 Å². The molecule has 0 aliphatic carbocycles. The molecule has 0 saturated heterocycles. The van der Waals surface area contributed by atoms with Gasteiger partial charge in [-0.15, -0.1) is 0 Å². The number of anilines is 1. The van der Waals surface area contributed by atoms with E-state index in [1.807, 2.05) is 0 Å². The summed E-state index contributed by atoms with van der Waals surface area (Å²) in [4.78, 5) is 87.7. The Morgan fingerprint density at radius 2 is 1.14 bits per heavy atom. The van der Waals surface area contributed by atoms with Gasteiger partial charge in [-0.25, -0.2) is 38.7 Å². The van der Waals surface area contributed by atoms with E-state index in [2.05, 4.69) is 43.4 Å². The smallest absolute Gasteiger partial charge is 0.408 e. The molecule has 81 heavy (non-hydrogen) atoms. The van der Waals surface area contributed by atoms with Crippen LogP contribution in [0, 0.1) is 22.7 Å². The second-order valence-electron chi connectivity index (χ2n) is 22.2. The lowest BCUT2D eigenvalue weighted by atomic mass is 9.97. The highest BCUT2D eigenvalue weighted by Gasteiger charge is 2.32. The first-order chi connectivity index (χ1) is 37.8. The number of halogens is 1. The molecule has 0 radical (unpaired) electrons. The number of hydrogen-bond donors (Lipinski definition) is 5. The first-order valence-corrected chi connectivity index (χ1v) is 27.2. The summed E-state index contributed by atoms with van der Waals surface area (Å²) in [5, 5.41) is 31.8. The SMILES string of the molecule is CC(C)(C)OC(=O)NCCC[C@H](NC(=O)OC(C)(C)C)C(=O)OC[C@@H](COc1ccc(-c2c(C#N)c(N)nc(SCc3coc(-c4ccc(Cl)cc4)n3)c2C#N)cc1)OC(=O)[C@H](CCCNC(=O)OC(C)(C)C)NC(=O)OC(C)(C)C. The van der Waals surface area contributed by atoms with Crippen molar-refractivity contribution >= 4 is 65.5 Å². The molecule has 0 spiro atoms. The minimum atomic E-state index is -1.39. The number of nitriles is 2. The molecule has 2 heterocycles. The Bertz CT molecular complexity index is 2900. The van der Waals surface area contributed by atoms with E-state index >= 15 is 0 Å². The number of esters is 2. The Hall–Kier alpha value is -7.96. The molecule has 4 aromatic rings. The van der Waals surface area contributed by atoms with Gasteiger partial charge in [-0.3, -0.25) is 0 Å². The monoisotopic (exact) mass is 1160 g/mol. The number of aromatic nitrogens is 2. The molecule has 0 fully saturated rings. The zero-order valence-electron chi connectivity index (χ0n) is 47.7. The van der Waals surface area contributed by atoms with E-state index in [1.165, 1.54) is 30.2 Å². The highest BCUT2D eigenvalue weighted by molar-refractivity contribution is 7.98. The number of benzene rings is 2. The number of alkyl carbamates (subject to hydrolysis) is 4. The first kappa shape index (κ1) is 65.6. The number of pyridine rings is 1. The maximum absolute atomic E-state index is 14.1. The van der Waals surface area contributed by atoms with E-state index in [4.69, 9.17) is 54.9 Å². The van der Waals surface area contributed by atoms with E-state index in [9.17, 15) is 39.3 Å². The molecule has 0 aliphatic rings. The van der Waals surface area contributed by atoms with Crippen LogP contribution in [0.1, 0.15) is 126 Å². The van der Waals surface area contributed by atoms with Crippen molar-refractivity contribution in [2.24, 2.45) is 0 Å². The Morgan fingerprint density at radius 3 is 1.63 bits per heavy atom. The van der Waals surface area contributed by atoms with Gasteiger partial charge >= 0.3 is 36.3 Å². The molecule has 4 amide bonds. The molecule has 438 valence electrons. The van der Waals surface area contributed by atoms with E-state index in [0.717, 1.165) is 0 Å². The molecule has 2 aromatic heterocycles. The van der Waals surface area contributed by atoms with Crippen LogP contribution in [-0.2, 0) is 43.8 Å². The number of rotatable bonds is 23. The number of nitrogen functional groups attached to an aromatic ring is 1. The number of nitrogens with zero attached hydrogens (tertiary/aromatic N) is 4. The summed E-state index contributed by atoms with van der Waals surface area (Å²) in [7, 11) is 0. The van der Waals surface area contributed by atoms with Crippen molar-refractivity contribution in [3.8, 4) is 40.5 Å². The number of nitrogens with one attached hydrogen (secondary N) is 4. The van der Waals surface area contributed by atoms with Crippen LogP contribution in [0.15, 0.2) is 64.2 Å². The van der Waals surface area contributed by atoms with Gasteiger partial charge in [0.05, 0.1) is 11.3 Å². The summed E-state index contributed by atoms with van der Waals surface area (Å²) >= 11 is 7.20. The summed E-state index contributed by atoms with van der Waals surface area (Å²) in [6, 6.07) is 14.7. The van der Waals surface area contributed by atoms with Crippen molar-refractivity contribution in [3.05, 3.63) is 76.6 Å². The fraction of sp³-hybridized carbons (Fsp3) is 0.500. The van der Waals surface area contributed by atoms with Crippen molar-refractivity contribution in [1.82, 2.24) is 31.2 Å². The van der Waals surface area contributed by atoms with Crippen LogP contribution in [0.3, 0.4) is 0 Å². The lowest BCUT2D eigenvalue weighted by molar-refractivity contribution is -0.163. The molecule has 0 unspecified atom stereocenters. The summed E-state index contributed by atoms with van der Waals surface area (Å²) in [5.41, 5.74) is 4.80. The van der Waals surface area contributed by atoms with E-state index in [1.54, 1.807) is 119 Å². The number of carbonyl (C=O) groups excluding carboxylic acids is 6. The van der Waals surface area contributed by atoms with Crippen LogP contribution in [0.2, 0.25) is 5.02 Å². The Morgan fingerprint density at radius 1 is 0.654 bits per heavy atom. The van der Waals surface area contributed by atoms with E-state index < -0.39 is 90.1 Å². The van der Waals surface area contributed by atoms with Gasteiger partial charge in [0.15, 0.2) is 6.10 Å². The fourth-order valence-corrected chi connectivity index (χ4v) is 7.99. The summed E-state index contributed by atoms with van der Waals surface area (Å²) in [6.45, 7) is 19.0. The molecule has 0 bridgehead atoms. The van der Waals surface area contributed by atoms with Crippen molar-refractivity contribution in [3.63, 3.8) is 0 Å². The number of hydrogen-bond acceptors (Lipinski definition) is 20. The third-order valence-electron chi connectivity index (χ3n) is 10.3. The fourth-order valence-electron chi connectivity index (χ4n) is 7.00. The second kappa shape index (κ2) is 29.5. The molecular weight excluding hydrogens is 1090 g/mol. The van der Waals surface area contributed by atoms with E-state index in [-0.39, 0.29) is 77.8 Å². The predicted octanol–water partition coefficient (Wildman–Crippen LogP) is 9.91. The van der Waals surface area contributed by atoms with E-state index in [0.29, 0.717) is 27.7 Å². The lowest BCUT2D eigenvalue weighted by Crippen LogP contribution is -2.47. The highest BCUT2D eigenvalue weighted by atomic mass is 35.5. The van der Waals surface area contributed by atoms with Crippen molar-refractivity contribution in [2.75, 3.05) is 32.0 Å². The molecule has 3 atom stereocenters. The van der Waals surface area contributed by atoms with Gasteiger partial charge in [-0.05, 0) is 151 Å². The lowest BCUT2D eigenvalue weighted by Gasteiger charge is -2.26. The number of carbonyl (C=O) groups is 6. The standard InChI is InChI=1S/C56H72ClN9O14S/c1-53(2,3)77-49(69)61-25-13-15-41(64-51(71)79-55(7,8)9)47(67)75-31-38(76-48(68)42(65-52(72)80-56(10,11)12)16-14-26-62-50(70)78-54(4,5)6)30-73-37-23-19-33(20-24-37)43-39(27-58)44(60)66-46(40(43)28-59)81-32-36-29-74-45(63-36)34-17-21-35(57)22-18-34/h17-24,29,38,41-42H,13-16,25-26,30-32H2,1-12H3,(H2,60,66)(H,61,69)(H,62,70)(H,64,71)(H,65,72)/t38-,41+,42+/m1/s1. The first-order valence-electron chi connectivity index (χ1n) is 25.8. The van der Waals surface area contributed by atoms with Gasteiger partial charge in [-0.1, -0.05) is 35.5 Å². The molecule has 2 aromatic carbocycles. The number of thioether (sulfide) groups is 1. The third-order valence-corrected chi connectivity index (χ3v) is 11.6. The van der Waals surface area contributed by atoms with Crippen LogP contribution < -0.4 is 31.7 Å². The molecule has 25 heteroatoms. The Kier molecular flexibility index (Phi) is 23.9. The number of ether oxygens (including phenoxy) is 7. The Labute approximate surface area is 480 Å². The maximum atomic E-state index is 14.1. The molecule has 0 saturated carbocycles. The van der Waals surface area contributed by atoms with Crippen LogP contribution in [0.4, 0.5) is 25.0 Å². The average Bonchev–Trinajstić information content (AvgIpc) is 3.94. The number of amides is 4. The van der Waals surface area contributed by atoms with Gasteiger partial charge in [0.1, 0.15) is 88.3 Å². The molecule has 23 nitrogen and oxygen atoms in total. The van der Waals surface area contributed by atoms with Gasteiger partial charge in [0, 0.05) is 35.0 Å². The molecular formula is C56H72ClN9O14S. The normalized spacial score (nSPS) is 12.7. The van der Waals surface area contributed by atoms with Crippen molar-refractivity contribution in [2.45, 2.75) is 160 Å². The molecule has 4 rings (SSSR count). The van der Waals surface area contributed by atoms with Crippen LogP contribution in [0.5, 0.6) is 5.75 Å². The van der Waals surface area contributed by atoms with Crippen molar-refractivity contribution < 1.29 is 66.3 Å². The van der Waals surface area contributed by atoms with Gasteiger partial charge < -0.3 is 64.6 Å². The predicted molar refractivity (Wildman–Crippen MR) is 300 cm³/mol. The topological polar surface area (TPSA) is 328 Å². The van der Waals surface area contributed by atoms with Gasteiger partial charge in [0.2, 0.25) is 5.89 Å². The summed E-state index contributed by atoms with van der Waals surface area (Å²) in [6.07, 6.45) is -2.95. The van der Waals surface area contributed by atoms with Crippen molar-refractivity contribution in [1.29, 1.82) is 10.5 Å². The third kappa shape index (κ3) is 23.7. The van der Waals surface area contributed by atoms with Gasteiger partial charge in [-0.2, -0.15) is 10.5 Å². The zero-order valence-corrected chi connectivity index (χ0v) is 49.2. The average molecular weight is 1160 g/mol. The molecule has 6 N–H and O–H groups in total. The summed E-state index contributed by atoms with van der Waals surface area (Å²) < 4.78 is 44.8. The maximum Gasteiger partial charge on any atom is 0.408 e. The highest BCUT2D eigenvalue weighted by Crippen LogP contribution is 2.37. The summed E-state index contributed by atoms with van der Waals surface area (Å²) in [5.74, 6) is -1.27. The Balaban J connectivity index is 1.61. The number of oxazole rings is 1. The van der Waals surface area contributed by atoms with Crippen LogP contribution >= 0.6 is 23.4 Å². The van der Waals surface area contributed by atoms with Gasteiger partial charge in [0.25, 0.3) is 0 Å². The molecule has 0 aliphatic heterocycles.